The van der Waals surface area contributed by atoms with Crippen LogP contribution in [0.3, 0.4) is 0 Å². The third-order valence-corrected chi connectivity index (χ3v) is 9.42. The second-order valence-corrected chi connectivity index (χ2v) is 10.4. The van der Waals surface area contributed by atoms with Crippen LogP contribution in [0.15, 0.2) is 81.9 Å². The average Bonchev–Trinajstić information content (AvgIpc) is 3.44. The average molecular weight is 501 g/mol. The molecule has 0 saturated carbocycles. The molecule has 0 N–H and O–H groups in total. The fourth-order valence-electron chi connectivity index (χ4n) is 3.78. The molecule has 0 saturated heterocycles. The first kappa shape index (κ1) is 21.9. The summed E-state index contributed by atoms with van der Waals surface area (Å²) in [6.45, 7) is 0. The van der Waals surface area contributed by atoms with Gasteiger partial charge in [-0.2, -0.15) is 0 Å². The summed E-state index contributed by atoms with van der Waals surface area (Å²) in [5.41, 5.74) is 6.81. The van der Waals surface area contributed by atoms with E-state index in [1.807, 2.05) is 0 Å². The van der Waals surface area contributed by atoms with E-state index in [-0.39, 0.29) is 24.8 Å². The maximum atomic E-state index is 4.31. The summed E-state index contributed by atoms with van der Waals surface area (Å²) >= 11 is -0.903. The quantitative estimate of drug-likeness (QED) is 0.419. The summed E-state index contributed by atoms with van der Waals surface area (Å²) in [7, 11) is 0. The minimum atomic E-state index is -0.903. The van der Waals surface area contributed by atoms with Gasteiger partial charge in [0.15, 0.2) is 0 Å². The van der Waals surface area contributed by atoms with Crippen molar-refractivity contribution in [1.29, 1.82) is 0 Å². The molecule has 5 rings (SSSR count). The molecular weight excluding hydrogens is 482 g/mol. The van der Waals surface area contributed by atoms with Crippen LogP contribution in [0.1, 0.15) is 26.7 Å². The van der Waals surface area contributed by atoms with Gasteiger partial charge in [0.25, 0.3) is 0 Å². The van der Waals surface area contributed by atoms with Crippen molar-refractivity contribution in [2.45, 2.75) is 16.5 Å². The molecule has 0 spiro atoms. The first-order valence-corrected chi connectivity index (χ1v) is 11.8. The van der Waals surface area contributed by atoms with Crippen molar-refractivity contribution in [1.82, 2.24) is 20.2 Å². The predicted octanol–water partition coefficient (Wildman–Crippen LogP) is -1.73. The molecule has 1 unspecified atom stereocenters. The number of tetrazole rings is 1. The molecule has 4 nitrogen and oxygen atoms in total. The van der Waals surface area contributed by atoms with Crippen LogP contribution in [0.25, 0.3) is 11.8 Å². The van der Waals surface area contributed by atoms with Crippen LogP contribution < -0.4 is 24.8 Å². The van der Waals surface area contributed by atoms with Gasteiger partial charge in [0.05, 0.1) is 0 Å². The molecular formula is C22H18Cl2N4Zr. The third kappa shape index (κ3) is 4.53. The van der Waals surface area contributed by atoms with E-state index in [9.17, 15) is 0 Å². The number of nitrogens with zero attached hydrogens (tertiary/aromatic N) is 4. The first-order valence-electron chi connectivity index (χ1n) is 9.11. The molecule has 0 bridgehead atoms. The molecule has 0 radical (unpaired) electrons. The van der Waals surface area contributed by atoms with Gasteiger partial charge in [0.1, 0.15) is 0 Å². The van der Waals surface area contributed by atoms with E-state index in [4.69, 9.17) is 0 Å². The fourth-order valence-corrected chi connectivity index (χ4v) is 7.97. The maximum Gasteiger partial charge on any atom is -1.00 e. The SMILES string of the molecule is C1=CC(Cc2ccccc2)=[C]([Zr+2][CH]2C(n3ncnn3)=Cc3ccccc32)C1.[Cl-].[Cl-]. The van der Waals surface area contributed by atoms with Crippen LogP contribution in [-0.4, -0.2) is 20.2 Å². The zero-order valence-electron chi connectivity index (χ0n) is 15.5. The Morgan fingerprint density at radius 2 is 1.79 bits per heavy atom. The number of benzene rings is 2. The van der Waals surface area contributed by atoms with Crippen molar-refractivity contribution in [3.63, 3.8) is 0 Å². The van der Waals surface area contributed by atoms with E-state index in [1.165, 1.54) is 34.3 Å². The summed E-state index contributed by atoms with van der Waals surface area (Å²) < 4.78 is 2.11. The van der Waals surface area contributed by atoms with Gasteiger partial charge in [-0.05, 0) is 0 Å². The second kappa shape index (κ2) is 9.80. The first-order chi connectivity index (χ1) is 13.4. The molecule has 1 heterocycles. The van der Waals surface area contributed by atoms with Gasteiger partial charge in [-0.25, -0.2) is 0 Å². The van der Waals surface area contributed by atoms with Gasteiger partial charge in [-0.1, -0.05) is 0 Å². The van der Waals surface area contributed by atoms with Crippen LogP contribution in [0, 0.1) is 0 Å². The summed E-state index contributed by atoms with van der Waals surface area (Å²) in [6.07, 6.45) is 10.5. The minimum absolute atomic E-state index is 0. The van der Waals surface area contributed by atoms with Crippen LogP contribution in [-0.2, 0) is 29.7 Å². The van der Waals surface area contributed by atoms with Crippen molar-refractivity contribution in [2.24, 2.45) is 0 Å². The van der Waals surface area contributed by atoms with Gasteiger partial charge in [0.2, 0.25) is 0 Å². The Kier molecular flexibility index (Phi) is 7.40. The van der Waals surface area contributed by atoms with Gasteiger partial charge >= 0.3 is 170 Å². The molecule has 29 heavy (non-hydrogen) atoms. The Balaban J connectivity index is 0.00000120. The van der Waals surface area contributed by atoms with Crippen LogP contribution in [0.4, 0.5) is 0 Å². The molecule has 0 aliphatic heterocycles. The Morgan fingerprint density at radius 3 is 2.59 bits per heavy atom. The van der Waals surface area contributed by atoms with E-state index in [0.717, 1.165) is 12.8 Å². The number of aromatic nitrogens is 4. The number of hydrogen-bond donors (Lipinski definition) is 0. The van der Waals surface area contributed by atoms with Crippen LogP contribution >= 0.6 is 0 Å². The number of halogens is 2. The maximum absolute atomic E-state index is 4.31. The zero-order valence-corrected chi connectivity index (χ0v) is 19.5. The van der Waals surface area contributed by atoms with Gasteiger partial charge in [-0.3, -0.25) is 0 Å². The van der Waals surface area contributed by atoms with E-state index in [2.05, 4.69) is 88.2 Å². The number of allylic oxidation sites excluding steroid dienone is 5. The van der Waals surface area contributed by atoms with Crippen molar-refractivity contribution in [2.75, 3.05) is 0 Å². The second-order valence-electron chi connectivity index (χ2n) is 6.77. The molecule has 1 aromatic heterocycles. The van der Waals surface area contributed by atoms with Crippen molar-refractivity contribution < 1.29 is 48.0 Å². The smallest absolute Gasteiger partial charge is 1.00 e. The Labute approximate surface area is 194 Å². The molecule has 2 aliphatic rings. The summed E-state index contributed by atoms with van der Waals surface area (Å²) in [5.74, 6) is 0. The Morgan fingerprint density at radius 1 is 1.00 bits per heavy atom. The van der Waals surface area contributed by atoms with Crippen molar-refractivity contribution in [3.8, 4) is 0 Å². The van der Waals surface area contributed by atoms with Crippen molar-refractivity contribution in [3.05, 3.63) is 98.6 Å². The van der Waals surface area contributed by atoms with Crippen LogP contribution in [0.2, 0.25) is 0 Å². The zero-order chi connectivity index (χ0) is 18.1. The third-order valence-electron chi connectivity index (χ3n) is 5.07. The largest absolute Gasteiger partial charge is 1.00 e. The van der Waals surface area contributed by atoms with E-state index < -0.39 is 23.2 Å². The number of fused-ring (bicyclic) bond motifs is 1. The number of rotatable bonds is 5. The van der Waals surface area contributed by atoms with E-state index in [0.29, 0.717) is 3.63 Å². The van der Waals surface area contributed by atoms with E-state index >= 15 is 0 Å². The molecule has 0 fully saturated rings. The fraction of sp³-hybridized carbons (Fsp3) is 0.136. The van der Waals surface area contributed by atoms with Gasteiger partial charge in [-0.15, -0.1) is 0 Å². The molecule has 2 aliphatic carbocycles. The molecule has 2 aromatic carbocycles. The predicted molar refractivity (Wildman–Crippen MR) is 102 cm³/mol. The minimum Gasteiger partial charge on any atom is -1.00 e. The summed E-state index contributed by atoms with van der Waals surface area (Å²) in [6, 6.07) is 19.5. The monoisotopic (exact) mass is 498 g/mol. The topological polar surface area (TPSA) is 43.6 Å². The molecule has 0 amide bonds. The number of hydrogen-bond acceptors (Lipinski definition) is 3. The van der Waals surface area contributed by atoms with Crippen molar-refractivity contribution >= 4 is 11.8 Å². The molecule has 3 aromatic rings. The van der Waals surface area contributed by atoms with Crippen LogP contribution in [0.5, 0.6) is 0 Å². The Hall–Kier alpha value is -1.81. The molecule has 1 atom stereocenters. The standard InChI is InChI=1S/C12H11.C10H7N4.2ClH.Zr/c1-2-6-11(7-3-1)10-12-8-4-5-9-12;1-2-4-9-6-10(5-8(9)3-1)14-12-7-11-13-14;;;/h1-4,6-8H,5,10H2;1-7H;2*1H;/q;;;;+2/p-2. The summed E-state index contributed by atoms with van der Waals surface area (Å²) in [5, 5.41) is 12.4. The van der Waals surface area contributed by atoms with Gasteiger partial charge < -0.3 is 24.8 Å². The molecule has 144 valence electrons. The normalized spacial score (nSPS) is 16.6. The Bertz CT molecular complexity index is 1060. The summed E-state index contributed by atoms with van der Waals surface area (Å²) in [4.78, 5) is 1.71. The molecule has 7 heteroatoms. The van der Waals surface area contributed by atoms with E-state index in [1.54, 1.807) is 8.08 Å². The van der Waals surface area contributed by atoms with Gasteiger partial charge in [0, 0.05) is 0 Å².